The van der Waals surface area contributed by atoms with E-state index < -0.39 is 5.97 Å². The Hall–Kier alpha value is -0.790. The van der Waals surface area contributed by atoms with E-state index in [1.165, 1.54) is 12.8 Å². The predicted octanol–water partition coefficient (Wildman–Crippen LogP) is 2.60. The van der Waals surface area contributed by atoms with Gasteiger partial charge >= 0.3 is 5.97 Å². The Balaban J connectivity index is 2.64. The SMILES string of the molecule is CCC=C(C(=O)O)C1CCCC1. The summed E-state index contributed by atoms with van der Waals surface area (Å²) in [6.07, 6.45) is 7.21. The number of hydrogen-bond donors (Lipinski definition) is 1. The van der Waals surface area contributed by atoms with Crippen LogP contribution in [0, 0.1) is 5.92 Å². The van der Waals surface area contributed by atoms with E-state index in [1.54, 1.807) is 0 Å². The quantitative estimate of drug-likeness (QED) is 0.658. The number of carboxylic acids is 1. The molecular weight excluding hydrogens is 152 g/mol. The smallest absolute Gasteiger partial charge is 0.331 e. The number of allylic oxidation sites excluding steroid dienone is 1. The second kappa shape index (κ2) is 4.29. The van der Waals surface area contributed by atoms with Crippen LogP contribution in [0.15, 0.2) is 11.6 Å². The molecule has 0 heterocycles. The van der Waals surface area contributed by atoms with Gasteiger partial charge < -0.3 is 5.11 Å². The molecule has 0 aromatic carbocycles. The van der Waals surface area contributed by atoms with Crippen LogP contribution >= 0.6 is 0 Å². The molecule has 0 spiro atoms. The van der Waals surface area contributed by atoms with Crippen molar-refractivity contribution in [2.45, 2.75) is 39.0 Å². The van der Waals surface area contributed by atoms with Crippen LogP contribution in [0.4, 0.5) is 0 Å². The molecule has 2 nitrogen and oxygen atoms in total. The summed E-state index contributed by atoms with van der Waals surface area (Å²) in [5.41, 5.74) is 0.648. The van der Waals surface area contributed by atoms with Crippen molar-refractivity contribution in [2.24, 2.45) is 5.92 Å². The van der Waals surface area contributed by atoms with Gasteiger partial charge in [0, 0.05) is 5.57 Å². The highest BCUT2D eigenvalue weighted by Gasteiger charge is 2.23. The number of carboxylic acid groups (broad SMARTS) is 1. The Morgan fingerprint density at radius 2 is 2.08 bits per heavy atom. The van der Waals surface area contributed by atoms with Crippen molar-refractivity contribution >= 4 is 5.97 Å². The summed E-state index contributed by atoms with van der Waals surface area (Å²) in [5, 5.41) is 8.90. The first kappa shape index (κ1) is 9.30. The van der Waals surface area contributed by atoms with Crippen molar-refractivity contribution < 1.29 is 9.90 Å². The fourth-order valence-electron chi connectivity index (χ4n) is 1.89. The Labute approximate surface area is 73.3 Å². The maximum atomic E-state index is 10.8. The monoisotopic (exact) mass is 168 g/mol. The summed E-state index contributed by atoms with van der Waals surface area (Å²) in [7, 11) is 0. The first-order valence-electron chi connectivity index (χ1n) is 4.69. The molecule has 12 heavy (non-hydrogen) atoms. The lowest BCUT2D eigenvalue weighted by Crippen LogP contribution is -2.09. The van der Waals surface area contributed by atoms with Crippen molar-refractivity contribution in [1.29, 1.82) is 0 Å². The second-order valence-corrected chi connectivity index (χ2v) is 3.35. The minimum atomic E-state index is -0.719. The zero-order chi connectivity index (χ0) is 8.97. The molecule has 1 aliphatic rings. The molecule has 1 rings (SSSR count). The molecule has 1 saturated carbocycles. The van der Waals surface area contributed by atoms with E-state index >= 15 is 0 Å². The van der Waals surface area contributed by atoms with Crippen molar-refractivity contribution in [2.75, 3.05) is 0 Å². The average molecular weight is 168 g/mol. The molecule has 0 saturated heterocycles. The number of aliphatic carboxylic acids is 1. The van der Waals surface area contributed by atoms with Crippen LogP contribution in [-0.2, 0) is 4.79 Å². The fraction of sp³-hybridized carbons (Fsp3) is 0.700. The van der Waals surface area contributed by atoms with Gasteiger partial charge in [-0.1, -0.05) is 25.8 Å². The zero-order valence-corrected chi connectivity index (χ0v) is 7.55. The van der Waals surface area contributed by atoms with Gasteiger partial charge in [-0.15, -0.1) is 0 Å². The molecule has 0 aromatic heterocycles. The van der Waals surface area contributed by atoms with Crippen LogP contribution in [0.25, 0.3) is 0 Å². The highest BCUT2D eigenvalue weighted by Crippen LogP contribution is 2.31. The Kier molecular flexibility index (Phi) is 3.32. The van der Waals surface area contributed by atoms with Crippen LogP contribution in [-0.4, -0.2) is 11.1 Å². The normalized spacial score (nSPS) is 19.9. The summed E-state index contributed by atoms with van der Waals surface area (Å²) in [6, 6.07) is 0. The summed E-state index contributed by atoms with van der Waals surface area (Å²) >= 11 is 0. The molecule has 2 heteroatoms. The van der Waals surface area contributed by atoms with Crippen LogP contribution in [0.1, 0.15) is 39.0 Å². The molecule has 1 N–H and O–H groups in total. The molecule has 0 radical (unpaired) electrons. The molecule has 0 atom stereocenters. The maximum Gasteiger partial charge on any atom is 0.331 e. The third-order valence-electron chi connectivity index (χ3n) is 2.47. The van der Waals surface area contributed by atoms with Gasteiger partial charge in [-0.05, 0) is 25.2 Å². The van der Waals surface area contributed by atoms with Gasteiger partial charge in [0.25, 0.3) is 0 Å². The summed E-state index contributed by atoms with van der Waals surface area (Å²) in [4.78, 5) is 10.8. The molecule has 1 fully saturated rings. The lowest BCUT2D eigenvalue weighted by molar-refractivity contribution is -0.133. The maximum absolute atomic E-state index is 10.8. The zero-order valence-electron chi connectivity index (χ0n) is 7.55. The van der Waals surface area contributed by atoms with E-state index in [0.717, 1.165) is 19.3 Å². The Morgan fingerprint density at radius 3 is 2.50 bits per heavy atom. The lowest BCUT2D eigenvalue weighted by atomic mass is 9.97. The molecule has 0 aliphatic heterocycles. The van der Waals surface area contributed by atoms with Crippen LogP contribution in [0.3, 0.4) is 0 Å². The standard InChI is InChI=1S/C10H16O2/c1-2-5-9(10(11)12)8-6-3-4-7-8/h5,8H,2-4,6-7H2,1H3,(H,11,12). The molecule has 0 bridgehead atoms. The highest BCUT2D eigenvalue weighted by atomic mass is 16.4. The number of carbonyl (C=O) groups is 1. The van der Waals surface area contributed by atoms with Gasteiger partial charge in [-0.2, -0.15) is 0 Å². The largest absolute Gasteiger partial charge is 0.478 e. The highest BCUT2D eigenvalue weighted by molar-refractivity contribution is 5.87. The van der Waals surface area contributed by atoms with Gasteiger partial charge in [-0.3, -0.25) is 0 Å². The van der Waals surface area contributed by atoms with Crippen molar-refractivity contribution in [3.05, 3.63) is 11.6 Å². The van der Waals surface area contributed by atoms with Crippen molar-refractivity contribution in [3.63, 3.8) is 0 Å². The second-order valence-electron chi connectivity index (χ2n) is 3.35. The van der Waals surface area contributed by atoms with E-state index in [4.69, 9.17) is 5.11 Å². The third-order valence-corrected chi connectivity index (χ3v) is 2.47. The summed E-state index contributed by atoms with van der Waals surface area (Å²) in [5.74, 6) is -0.383. The summed E-state index contributed by atoms with van der Waals surface area (Å²) in [6.45, 7) is 1.98. The van der Waals surface area contributed by atoms with Gasteiger partial charge in [0.15, 0.2) is 0 Å². The van der Waals surface area contributed by atoms with E-state index in [9.17, 15) is 4.79 Å². The van der Waals surface area contributed by atoms with E-state index in [0.29, 0.717) is 11.5 Å². The van der Waals surface area contributed by atoms with E-state index in [-0.39, 0.29) is 0 Å². The molecule has 68 valence electrons. The first-order chi connectivity index (χ1) is 5.75. The first-order valence-corrected chi connectivity index (χ1v) is 4.69. The van der Waals surface area contributed by atoms with Crippen LogP contribution < -0.4 is 0 Å². The predicted molar refractivity (Wildman–Crippen MR) is 48.0 cm³/mol. The van der Waals surface area contributed by atoms with E-state index in [2.05, 4.69) is 0 Å². The minimum absolute atomic E-state index is 0.336. The molecule has 1 aliphatic carbocycles. The van der Waals surface area contributed by atoms with E-state index in [1.807, 2.05) is 13.0 Å². The summed E-state index contributed by atoms with van der Waals surface area (Å²) < 4.78 is 0. The van der Waals surface area contributed by atoms with Gasteiger partial charge in [0.2, 0.25) is 0 Å². The minimum Gasteiger partial charge on any atom is -0.478 e. The Bertz CT molecular complexity index is 188. The molecule has 0 amide bonds. The molecule has 0 aromatic rings. The van der Waals surface area contributed by atoms with Crippen LogP contribution in [0.2, 0.25) is 0 Å². The molecule has 0 unspecified atom stereocenters. The Morgan fingerprint density at radius 1 is 1.50 bits per heavy atom. The van der Waals surface area contributed by atoms with Gasteiger partial charge in [0.05, 0.1) is 0 Å². The van der Waals surface area contributed by atoms with Crippen molar-refractivity contribution in [3.8, 4) is 0 Å². The van der Waals surface area contributed by atoms with Crippen LogP contribution in [0.5, 0.6) is 0 Å². The third kappa shape index (κ3) is 2.10. The fourth-order valence-corrected chi connectivity index (χ4v) is 1.89. The lowest BCUT2D eigenvalue weighted by Gasteiger charge is -2.09. The topological polar surface area (TPSA) is 37.3 Å². The number of hydrogen-bond acceptors (Lipinski definition) is 1. The average Bonchev–Trinajstić information content (AvgIpc) is 2.51. The number of rotatable bonds is 3. The van der Waals surface area contributed by atoms with Gasteiger partial charge in [0.1, 0.15) is 0 Å². The van der Waals surface area contributed by atoms with Crippen molar-refractivity contribution in [1.82, 2.24) is 0 Å². The molecular formula is C10H16O2. The van der Waals surface area contributed by atoms with Gasteiger partial charge in [-0.25, -0.2) is 4.79 Å².